The molecule has 11 heteroatoms. The van der Waals surface area contributed by atoms with Crippen LogP contribution in [-0.2, 0) is 19.6 Å². The van der Waals surface area contributed by atoms with Crippen LogP contribution in [0.15, 0.2) is 77.7 Å². The van der Waals surface area contributed by atoms with Crippen LogP contribution < -0.4 is 24.8 Å². The molecule has 37 heavy (non-hydrogen) atoms. The van der Waals surface area contributed by atoms with Crippen molar-refractivity contribution in [2.45, 2.75) is 17.9 Å². The van der Waals surface area contributed by atoms with Gasteiger partial charge in [0.05, 0.1) is 24.8 Å². The zero-order chi connectivity index (χ0) is 27.0. The maximum absolute atomic E-state index is 13.2. The van der Waals surface area contributed by atoms with Gasteiger partial charge in [0.2, 0.25) is 11.8 Å². The first kappa shape index (κ1) is 27.2. The molecule has 3 N–H and O–H groups in total. The zero-order valence-corrected chi connectivity index (χ0v) is 21.1. The number of halogens is 1. The molecule has 3 aromatic carbocycles. The molecule has 3 aromatic rings. The largest absolute Gasteiger partial charge is 0.497 e. The lowest BCUT2D eigenvalue weighted by atomic mass is 10.2. The molecule has 0 spiro atoms. The third-order valence-corrected chi connectivity index (χ3v) is 6.51. The van der Waals surface area contributed by atoms with Crippen molar-refractivity contribution in [3.63, 3.8) is 0 Å². The van der Waals surface area contributed by atoms with Gasteiger partial charge < -0.3 is 20.1 Å². The molecule has 0 aliphatic rings. The topological polar surface area (TPSA) is 123 Å². The molecular weight excluding hydrogens is 501 g/mol. The molecule has 1 atom stereocenters. The average Bonchev–Trinajstić information content (AvgIpc) is 2.88. The summed E-state index contributed by atoms with van der Waals surface area (Å²) in [5.41, 5.74) is 1.10. The standard InChI is InChI=1S/C26H26FN3O6S/c1-17(28-25(31)15-6-18-4-10-21(35-2)11-5-18)26(32)29-20-9-14-24(36-3)23(16-20)30-37(33,34)22-12-7-19(27)8-13-22/h4-17,30H,1-3H3,(H,28,31)(H,29,32). The van der Waals surface area contributed by atoms with Gasteiger partial charge in [0.25, 0.3) is 10.0 Å². The first-order valence-corrected chi connectivity index (χ1v) is 12.5. The number of anilines is 2. The lowest BCUT2D eigenvalue weighted by Crippen LogP contribution is -2.40. The summed E-state index contributed by atoms with van der Waals surface area (Å²) in [6.45, 7) is 1.51. The molecule has 0 aliphatic heterocycles. The normalized spacial score (nSPS) is 12.0. The van der Waals surface area contributed by atoms with Gasteiger partial charge in [-0.2, -0.15) is 0 Å². The Bertz CT molecular complexity index is 1390. The molecule has 0 bridgehead atoms. The summed E-state index contributed by atoms with van der Waals surface area (Å²) in [5.74, 6) is -0.672. The maximum Gasteiger partial charge on any atom is 0.262 e. The van der Waals surface area contributed by atoms with Gasteiger partial charge in [0.15, 0.2) is 0 Å². The van der Waals surface area contributed by atoms with Crippen LogP contribution in [-0.4, -0.2) is 40.5 Å². The summed E-state index contributed by atoms with van der Waals surface area (Å²) in [6, 6.07) is 14.9. The van der Waals surface area contributed by atoms with Crippen molar-refractivity contribution < 1.29 is 31.9 Å². The van der Waals surface area contributed by atoms with Crippen LogP contribution in [0.25, 0.3) is 6.08 Å². The zero-order valence-electron chi connectivity index (χ0n) is 20.3. The SMILES string of the molecule is COc1ccc(C=CC(=O)NC(C)C(=O)Nc2ccc(OC)c(NS(=O)(=O)c3ccc(F)cc3)c2)cc1. The Hall–Kier alpha value is -4.38. The Morgan fingerprint density at radius 1 is 0.946 bits per heavy atom. The molecule has 3 rings (SSSR count). The molecule has 0 aromatic heterocycles. The number of sulfonamides is 1. The van der Waals surface area contributed by atoms with Gasteiger partial charge in [-0.15, -0.1) is 0 Å². The minimum atomic E-state index is -4.05. The van der Waals surface area contributed by atoms with E-state index in [1.807, 2.05) is 0 Å². The summed E-state index contributed by atoms with van der Waals surface area (Å²) >= 11 is 0. The Kier molecular flexibility index (Phi) is 8.86. The van der Waals surface area contributed by atoms with Crippen molar-refractivity contribution in [3.8, 4) is 11.5 Å². The third kappa shape index (κ3) is 7.55. The maximum atomic E-state index is 13.2. The second-order valence-corrected chi connectivity index (χ2v) is 9.48. The number of hydrogen-bond acceptors (Lipinski definition) is 6. The minimum Gasteiger partial charge on any atom is -0.497 e. The summed E-state index contributed by atoms with van der Waals surface area (Å²) in [4.78, 5) is 24.7. The Labute approximate surface area is 214 Å². The van der Waals surface area contributed by atoms with Gasteiger partial charge in [-0.25, -0.2) is 12.8 Å². The van der Waals surface area contributed by atoms with Crippen molar-refractivity contribution in [2.75, 3.05) is 24.3 Å². The molecule has 0 saturated heterocycles. The lowest BCUT2D eigenvalue weighted by molar-refractivity contribution is -0.123. The van der Waals surface area contributed by atoms with E-state index in [1.165, 1.54) is 38.3 Å². The summed E-state index contributed by atoms with van der Waals surface area (Å²) in [7, 11) is -1.13. The van der Waals surface area contributed by atoms with Crippen molar-refractivity contribution in [2.24, 2.45) is 0 Å². The molecule has 0 radical (unpaired) electrons. The highest BCUT2D eigenvalue weighted by Crippen LogP contribution is 2.30. The predicted molar refractivity (Wildman–Crippen MR) is 138 cm³/mol. The summed E-state index contributed by atoms with van der Waals surface area (Å²) < 4.78 is 51.3. The fourth-order valence-electron chi connectivity index (χ4n) is 3.15. The molecule has 9 nitrogen and oxygen atoms in total. The van der Waals surface area contributed by atoms with E-state index in [0.29, 0.717) is 5.75 Å². The molecule has 2 amide bonds. The van der Waals surface area contributed by atoms with E-state index < -0.39 is 33.7 Å². The molecule has 0 heterocycles. The van der Waals surface area contributed by atoms with E-state index in [-0.39, 0.29) is 22.0 Å². The van der Waals surface area contributed by atoms with Crippen LogP contribution in [0.2, 0.25) is 0 Å². The first-order valence-electron chi connectivity index (χ1n) is 11.0. The third-order valence-electron chi connectivity index (χ3n) is 5.13. The van der Waals surface area contributed by atoms with Crippen LogP contribution in [0, 0.1) is 5.82 Å². The summed E-state index contributed by atoms with van der Waals surface area (Å²) in [5, 5.41) is 5.19. The number of benzene rings is 3. The van der Waals surface area contributed by atoms with Crippen molar-refractivity contribution in [1.82, 2.24) is 5.32 Å². The van der Waals surface area contributed by atoms with Gasteiger partial charge in [-0.05, 0) is 73.2 Å². The van der Waals surface area contributed by atoms with E-state index in [0.717, 1.165) is 29.8 Å². The molecule has 1 unspecified atom stereocenters. The van der Waals surface area contributed by atoms with Gasteiger partial charge in [-0.3, -0.25) is 14.3 Å². The van der Waals surface area contributed by atoms with Crippen LogP contribution in [0.1, 0.15) is 12.5 Å². The monoisotopic (exact) mass is 527 g/mol. The summed E-state index contributed by atoms with van der Waals surface area (Å²) in [6.07, 6.45) is 2.91. The van der Waals surface area contributed by atoms with Crippen molar-refractivity contribution in [3.05, 3.63) is 84.2 Å². The number of ether oxygens (including phenoxy) is 2. The number of carbonyl (C=O) groups is 2. The molecule has 0 saturated carbocycles. The Morgan fingerprint density at radius 3 is 2.24 bits per heavy atom. The minimum absolute atomic E-state index is 0.0590. The number of hydrogen-bond donors (Lipinski definition) is 3. The molecule has 194 valence electrons. The smallest absolute Gasteiger partial charge is 0.262 e. The van der Waals surface area contributed by atoms with Crippen LogP contribution >= 0.6 is 0 Å². The van der Waals surface area contributed by atoms with Crippen LogP contribution in [0.3, 0.4) is 0 Å². The number of methoxy groups -OCH3 is 2. The van der Waals surface area contributed by atoms with E-state index >= 15 is 0 Å². The fraction of sp³-hybridized carbons (Fsp3) is 0.154. The van der Waals surface area contributed by atoms with Gasteiger partial charge in [0, 0.05) is 11.8 Å². The highest BCUT2D eigenvalue weighted by atomic mass is 32.2. The fourth-order valence-corrected chi connectivity index (χ4v) is 4.21. The number of amides is 2. The van der Waals surface area contributed by atoms with Crippen LogP contribution in [0.5, 0.6) is 11.5 Å². The van der Waals surface area contributed by atoms with Gasteiger partial charge >= 0.3 is 0 Å². The second kappa shape index (κ2) is 12.0. The average molecular weight is 528 g/mol. The van der Waals surface area contributed by atoms with Crippen LogP contribution in [0.4, 0.5) is 15.8 Å². The van der Waals surface area contributed by atoms with Crippen molar-refractivity contribution in [1.29, 1.82) is 0 Å². The molecule has 0 fully saturated rings. The number of rotatable bonds is 10. The van der Waals surface area contributed by atoms with E-state index in [2.05, 4.69) is 15.4 Å². The van der Waals surface area contributed by atoms with Gasteiger partial charge in [-0.1, -0.05) is 12.1 Å². The van der Waals surface area contributed by atoms with Crippen molar-refractivity contribution >= 4 is 39.3 Å². The Balaban J connectivity index is 1.65. The molecular formula is C26H26FN3O6S. The van der Waals surface area contributed by atoms with E-state index in [1.54, 1.807) is 37.5 Å². The van der Waals surface area contributed by atoms with E-state index in [4.69, 9.17) is 9.47 Å². The van der Waals surface area contributed by atoms with E-state index in [9.17, 15) is 22.4 Å². The lowest BCUT2D eigenvalue weighted by Gasteiger charge is -2.16. The van der Waals surface area contributed by atoms with Gasteiger partial charge in [0.1, 0.15) is 23.4 Å². The first-order chi connectivity index (χ1) is 17.6. The second-order valence-electron chi connectivity index (χ2n) is 7.80. The Morgan fingerprint density at radius 2 is 1.62 bits per heavy atom. The molecule has 0 aliphatic carbocycles. The number of nitrogens with one attached hydrogen (secondary N) is 3. The predicted octanol–water partition coefficient (Wildman–Crippen LogP) is 3.80. The highest BCUT2D eigenvalue weighted by molar-refractivity contribution is 7.92. The highest BCUT2D eigenvalue weighted by Gasteiger charge is 2.19. The number of carbonyl (C=O) groups excluding carboxylic acids is 2. The quantitative estimate of drug-likeness (QED) is 0.345.